The Balaban J connectivity index is 1.34. The van der Waals surface area contributed by atoms with Crippen LogP contribution in [0.1, 0.15) is 84.0 Å². The first-order chi connectivity index (χ1) is 12.3. The van der Waals surface area contributed by atoms with Gasteiger partial charge in [0.1, 0.15) is 0 Å². The smallest absolute Gasteiger partial charge is 0.0600 e. The van der Waals surface area contributed by atoms with Crippen LogP contribution in [0.5, 0.6) is 0 Å². The number of hydrogen-bond donors (Lipinski definition) is 2. The average Bonchev–Trinajstić information content (AvgIpc) is 2.69. The van der Waals surface area contributed by atoms with Crippen molar-refractivity contribution in [2.45, 2.75) is 96.2 Å². The fourth-order valence-corrected chi connectivity index (χ4v) is 5.66. The number of unbranched alkanes of at least 4 members (excludes halogenated alkanes) is 2. The molecule has 0 aromatic carbocycles. The van der Waals surface area contributed by atoms with E-state index in [0.717, 1.165) is 23.7 Å². The molecule has 3 heteroatoms. The van der Waals surface area contributed by atoms with E-state index in [1.807, 2.05) is 0 Å². The van der Waals surface area contributed by atoms with Gasteiger partial charge < -0.3 is 10.6 Å². The van der Waals surface area contributed by atoms with Gasteiger partial charge in [-0.25, -0.2) is 0 Å². The topological polar surface area (TPSA) is 36.4 Å². The summed E-state index contributed by atoms with van der Waals surface area (Å²) < 4.78 is 0. The molecule has 3 aliphatic rings. The van der Waals surface area contributed by atoms with Crippen molar-refractivity contribution >= 4 is 6.72 Å². The van der Waals surface area contributed by atoms with Gasteiger partial charge in [-0.2, -0.15) is 0 Å². The van der Waals surface area contributed by atoms with Crippen LogP contribution in [0.3, 0.4) is 0 Å². The lowest BCUT2D eigenvalue weighted by Crippen LogP contribution is -2.56. The molecule has 0 spiro atoms. The van der Waals surface area contributed by atoms with E-state index in [4.69, 9.17) is 0 Å². The van der Waals surface area contributed by atoms with Crippen molar-refractivity contribution in [3.05, 3.63) is 0 Å². The number of hydrogen-bond acceptors (Lipinski definition) is 3. The van der Waals surface area contributed by atoms with E-state index >= 15 is 0 Å². The largest absolute Gasteiger partial charge is 0.301 e. The molecule has 1 heterocycles. The Labute approximate surface area is 155 Å². The van der Waals surface area contributed by atoms with Crippen LogP contribution < -0.4 is 10.6 Å². The van der Waals surface area contributed by atoms with E-state index in [2.05, 4.69) is 29.3 Å². The van der Waals surface area contributed by atoms with Gasteiger partial charge in [-0.05, 0) is 88.2 Å². The van der Waals surface area contributed by atoms with Gasteiger partial charge >= 0.3 is 0 Å². The number of rotatable bonds is 7. The van der Waals surface area contributed by atoms with E-state index in [1.165, 1.54) is 90.1 Å². The maximum atomic E-state index is 4.26. The Morgan fingerprint density at radius 2 is 1.36 bits per heavy atom. The minimum Gasteiger partial charge on any atom is -0.301 e. The van der Waals surface area contributed by atoms with Crippen LogP contribution in [-0.2, 0) is 0 Å². The molecule has 0 aromatic heterocycles. The lowest BCUT2D eigenvalue weighted by Gasteiger charge is -2.42. The third-order valence-electron chi connectivity index (χ3n) is 7.42. The quantitative estimate of drug-likeness (QED) is 0.514. The molecule has 3 rings (SSSR count). The van der Waals surface area contributed by atoms with Gasteiger partial charge in [-0.3, -0.25) is 4.99 Å². The van der Waals surface area contributed by atoms with Crippen molar-refractivity contribution in [1.82, 2.24) is 10.6 Å². The molecule has 2 saturated carbocycles. The second-order valence-electron chi connectivity index (χ2n) is 9.08. The Morgan fingerprint density at radius 3 is 1.92 bits per heavy atom. The third kappa shape index (κ3) is 5.53. The Hall–Kier alpha value is -0.410. The van der Waals surface area contributed by atoms with E-state index in [9.17, 15) is 0 Å². The summed E-state index contributed by atoms with van der Waals surface area (Å²) in [5, 5.41) is 7.69. The standard InChI is InChI=1S/C22H41N3/c1-3-4-5-6-17-15-24-22(25-16-17)20-9-7-18(8-10-20)19-11-13-21(23-2)14-12-19/h17-22,24-25H,2-16H2,1H3. The lowest BCUT2D eigenvalue weighted by atomic mass is 9.69. The number of nitrogens with one attached hydrogen (secondary N) is 2. The molecule has 0 amide bonds. The predicted octanol–water partition coefficient (Wildman–Crippen LogP) is 4.77. The highest BCUT2D eigenvalue weighted by atomic mass is 15.2. The summed E-state index contributed by atoms with van der Waals surface area (Å²) in [6, 6.07) is 0.563. The van der Waals surface area contributed by atoms with Crippen LogP contribution in [0.25, 0.3) is 0 Å². The second-order valence-corrected chi connectivity index (χ2v) is 9.08. The summed E-state index contributed by atoms with van der Waals surface area (Å²) >= 11 is 0. The molecule has 1 aliphatic heterocycles. The van der Waals surface area contributed by atoms with Crippen molar-refractivity contribution in [2.75, 3.05) is 13.1 Å². The molecule has 2 N–H and O–H groups in total. The van der Waals surface area contributed by atoms with Crippen LogP contribution in [0, 0.1) is 23.7 Å². The summed E-state index contributed by atoms with van der Waals surface area (Å²) in [5.74, 6) is 3.69. The van der Waals surface area contributed by atoms with Crippen LogP contribution in [0.15, 0.2) is 4.99 Å². The Morgan fingerprint density at radius 1 is 0.800 bits per heavy atom. The summed E-state index contributed by atoms with van der Waals surface area (Å²) in [6.07, 6.45) is 17.3. The Bertz CT molecular complexity index is 373. The minimum absolute atomic E-state index is 0.563. The molecule has 3 fully saturated rings. The van der Waals surface area contributed by atoms with Crippen LogP contribution in [-0.4, -0.2) is 32.0 Å². The van der Waals surface area contributed by atoms with Gasteiger partial charge in [0, 0.05) is 19.1 Å². The molecule has 0 aromatic rings. The maximum Gasteiger partial charge on any atom is 0.0600 e. The highest BCUT2D eigenvalue weighted by Gasteiger charge is 2.34. The van der Waals surface area contributed by atoms with Crippen LogP contribution in [0.2, 0.25) is 0 Å². The fraction of sp³-hybridized carbons (Fsp3) is 0.955. The number of aliphatic imine (C=N–C) groups is 1. The highest BCUT2D eigenvalue weighted by molar-refractivity contribution is 5.24. The molecule has 25 heavy (non-hydrogen) atoms. The highest BCUT2D eigenvalue weighted by Crippen LogP contribution is 2.41. The molecule has 0 radical (unpaired) electrons. The monoisotopic (exact) mass is 347 g/mol. The first-order valence-corrected chi connectivity index (χ1v) is 11.2. The van der Waals surface area contributed by atoms with Crippen molar-refractivity contribution < 1.29 is 0 Å². The average molecular weight is 348 g/mol. The van der Waals surface area contributed by atoms with Gasteiger partial charge in [-0.15, -0.1) is 0 Å². The van der Waals surface area contributed by atoms with E-state index in [0.29, 0.717) is 12.2 Å². The molecule has 0 bridgehead atoms. The van der Waals surface area contributed by atoms with Gasteiger partial charge in [0.2, 0.25) is 0 Å². The summed E-state index contributed by atoms with van der Waals surface area (Å²) in [6.45, 7) is 8.52. The van der Waals surface area contributed by atoms with Gasteiger partial charge in [0.25, 0.3) is 0 Å². The normalized spacial score (nSPS) is 39.9. The summed E-state index contributed by atoms with van der Waals surface area (Å²) in [7, 11) is 0. The first kappa shape index (κ1) is 19.4. The molecule has 0 unspecified atom stereocenters. The van der Waals surface area contributed by atoms with Gasteiger partial charge in [0.15, 0.2) is 0 Å². The van der Waals surface area contributed by atoms with Crippen LogP contribution in [0.4, 0.5) is 0 Å². The van der Waals surface area contributed by atoms with Gasteiger partial charge in [0.05, 0.1) is 6.17 Å². The molecule has 1 saturated heterocycles. The summed E-state index contributed by atoms with van der Waals surface area (Å²) in [5.41, 5.74) is 0. The van der Waals surface area contributed by atoms with Crippen molar-refractivity contribution in [3.8, 4) is 0 Å². The second kappa shape index (κ2) is 10.1. The fourth-order valence-electron chi connectivity index (χ4n) is 5.66. The van der Waals surface area contributed by atoms with E-state index in [-0.39, 0.29) is 0 Å². The van der Waals surface area contributed by atoms with E-state index in [1.54, 1.807) is 0 Å². The molecule has 0 atom stereocenters. The zero-order chi connectivity index (χ0) is 17.5. The third-order valence-corrected chi connectivity index (χ3v) is 7.42. The zero-order valence-corrected chi connectivity index (χ0v) is 16.5. The van der Waals surface area contributed by atoms with Crippen LogP contribution >= 0.6 is 0 Å². The molecule has 2 aliphatic carbocycles. The Kier molecular flexibility index (Phi) is 7.79. The molecular weight excluding hydrogens is 306 g/mol. The molecular formula is C22H41N3. The SMILES string of the molecule is C=NC1CCC(C2CCC(C3NCC(CCCCC)CN3)CC2)CC1. The summed E-state index contributed by atoms with van der Waals surface area (Å²) in [4.78, 5) is 4.26. The zero-order valence-electron chi connectivity index (χ0n) is 16.5. The van der Waals surface area contributed by atoms with Crippen molar-refractivity contribution in [1.29, 1.82) is 0 Å². The molecule has 144 valence electrons. The lowest BCUT2D eigenvalue weighted by molar-refractivity contribution is 0.121. The first-order valence-electron chi connectivity index (χ1n) is 11.2. The van der Waals surface area contributed by atoms with Crippen molar-refractivity contribution in [2.24, 2.45) is 28.7 Å². The minimum atomic E-state index is 0.563. The van der Waals surface area contributed by atoms with Gasteiger partial charge in [-0.1, -0.05) is 26.2 Å². The predicted molar refractivity (Wildman–Crippen MR) is 108 cm³/mol. The molecule has 3 nitrogen and oxygen atoms in total. The number of nitrogens with zero attached hydrogens (tertiary/aromatic N) is 1. The van der Waals surface area contributed by atoms with E-state index < -0.39 is 0 Å². The van der Waals surface area contributed by atoms with Crippen molar-refractivity contribution in [3.63, 3.8) is 0 Å². The maximum absolute atomic E-state index is 4.26.